The van der Waals surface area contributed by atoms with Crippen molar-refractivity contribution in [3.63, 3.8) is 0 Å². The quantitative estimate of drug-likeness (QED) is 0.683. The Morgan fingerprint density at radius 2 is 2.09 bits per heavy atom. The smallest absolute Gasteiger partial charge is 0.227 e. The van der Waals surface area contributed by atoms with Crippen molar-refractivity contribution in [3.8, 4) is 0 Å². The highest BCUT2D eigenvalue weighted by molar-refractivity contribution is 7.15. The van der Waals surface area contributed by atoms with Crippen LogP contribution in [0.3, 0.4) is 0 Å². The van der Waals surface area contributed by atoms with Gasteiger partial charge in [-0.15, -0.1) is 11.3 Å². The average Bonchev–Trinajstić information content (AvgIpc) is 3.37. The number of carbonyl (C=O) groups excluding carboxylic acids is 1. The standard InChI is InChI=1S/C24H35N5O2S/c1-16-13-20(31-27-16)14-23(30)25-19-5-3-18(4-6-19)8-10-28-11-9-22-21(15-28)26-24(32-22)29-12-7-17(29)2/h13,17-19H,3-12,14-15H2,1-2H3,(H,25,30). The van der Waals surface area contributed by atoms with Gasteiger partial charge >= 0.3 is 0 Å². The summed E-state index contributed by atoms with van der Waals surface area (Å²) in [6, 6.07) is 2.79. The Morgan fingerprint density at radius 3 is 2.78 bits per heavy atom. The van der Waals surface area contributed by atoms with Crippen LogP contribution >= 0.6 is 11.3 Å². The van der Waals surface area contributed by atoms with Crippen LogP contribution in [0.15, 0.2) is 10.6 Å². The van der Waals surface area contributed by atoms with E-state index in [0.717, 1.165) is 44.0 Å². The van der Waals surface area contributed by atoms with Gasteiger partial charge in [-0.25, -0.2) is 4.98 Å². The Labute approximate surface area is 194 Å². The van der Waals surface area contributed by atoms with E-state index in [1.54, 1.807) is 0 Å². The molecule has 4 heterocycles. The molecule has 3 aliphatic rings. The van der Waals surface area contributed by atoms with Crippen molar-refractivity contribution in [2.45, 2.75) is 83.8 Å². The fourth-order valence-electron chi connectivity index (χ4n) is 5.25. The van der Waals surface area contributed by atoms with Gasteiger partial charge in [-0.3, -0.25) is 9.69 Å². The molecule has 1 saturated heterocycles. The molecule has 2 aliphatic heterocycles. The molecule has 32 heavy (non-hydrogen) atoms. The molecule has 1 aliphatic carbocycles. The Morgan fingerprint density at radius 1 is 1.25 bits per heavy atom. The predicted molar refractivity (Wildman–Crippen MR) is 126 cm³/mol. The number of aryl methyl sites for hydroxylation is 1. The number of hydrogen-bond acceptors (Lipinski definition) is 7. The van der Waals surface area contributed by atoms with Crippen LogP contribution in [-0.4, -0.2) is 52.7 Å². The van der Waals surface area contributed by atoms with Gasteiger partial charge in [0.25, 0.3) is 0 Å². The monoisotopic (exact) mass is 457 g/mol. The summed E-state index contributed by atoms with van der Waals surface area (Å²) in [5.41, 5.74) is 2.14. The molecule has 0 radical (unpaired) electrons. The number of fused-ring (bicyclic) bond motifs is 1. The van der Waals surface area contributed by atoms with Crippen LogP contribution in [0, 0.1) is 12.8 Å². The Balaban J connectivity index is 1.02. The first kappa shape index (κ1) is 21.9. The highest BCUT2D eigenvalue weighted by atomic mass is 32.1. The Hall–Kier alpha value is -1.93. The summed E-state index contributed by atoms with van der Waals surface area (Å²) in [5, 5.41) is 8.29. The van der Waals surface area contributed by atoms with E-state index in [1.165, 1.54) is 54.5 Å². The molecule has 1 saturated carbocycles. The number of nitrogens with zero attached hydrogens (tertiary/aromatic N) is 4. The third-order valence-corrected chi connectivity index (χ3v) is 8.63. The molecule has 0 aromatic carbocycles. The van der Waals surface area contributed by atoms with Crippen LogP contribution < -0.4 is 10.2 Å². The van der Waals surface area contributed by atoms with E-state index in [-0.39, 0.29) is 12.3 Å². The number of aromatic nitrogens is 2. The third kappa shape index (κ3) is 5.01. The molecule has 174 valence electrons. The summed E-state index contributed by atoms with van der Waals surface area (Å²) in [7, 11) is 0. The second-order valence-corrected chi connectivity index (χ2v) is 11.0. The summed E-state index contributed by atoms with van der Waals surface area (Å²) >= 11 is 1.92. The van der Waals surface area contributed by atoms with Crippen molar-refractivity contribution in [2.75, 3.05) is 24.5 Å². The van der Waals surface area contributed by atoms with Crippen molar-refractivity contribution in [3.05, 3.63) is 28.1 Å². The van der Waals surface area contributed by atoms with E-state index in [9.17, 15) is 4.79 Å². The zero-order valence-electron chi connectivity index (χ0n) is 19.3. The first-order valence-corrected chi connectivity index (χ1v) is 13.0. The van der Waals surface area contributed by atoms with Crippen LogP contribution in [0.25, 0.3) is 0 Å². The lowest BCUT2D eigenvalue weighted by molar-refractivity contribution is -0.121. The normalized spacial score (nSPS) is 25.9. The van der Waals surface area contributed by atoms with Gasteiger partial charge in [0.1, 0.15) is 5.76 Å². The van der Waals surface area contributed by atoms with Crippen LogP contribution in [0.4, 0.5) is 5.13 Å². The molecular formula is C24H35N5O2S. The number of nitrogens with one attached hydrogen (secondary N) is 1. The maximum atomic E-state index is 12.3. The molecule has 5 rings (SSSR count). The zero-order valence-corrected chi connectivity index (χ0v) is 20.1. The van der Waals surface area contributed by atoms with Crippen LogP contribution in [0.2, 0.25) is 0 Å². The summed E-state index contributed by atoms with van der Waals surface area (Å²) in [6.07, 6.45) is 8.57. The molecule has 0 bridgehead atoms. The number of anilines is 1. The first-order chi connectivity index (χ1) is 15.5. The largest absolute Gasteiger partial charge is 0.361 e. The van der Waals surface area contributed by atoms with E-state index in [1.807, 2.05) is 24.3 Å². The van der Waals surface area contributed by atoms with Crippen LogP contribution in [-0.2, 0) is 24.2 Å². The van der Waals surface area contributed by atoms with E-state index in [0.29, 0.717) is 17.8 Å². The van der Waals surface area contributed by atoms with E-state index in [4.69, 9.17) is 9.51 Å². The van der Waals surface area contributed by atoms with Crippen LogP contribution in [0.5, 0.6) is 0 Å². The minimum Gasteiger partial charge on any atom is -0.361 e. The number of thiazole rings is 1. The van der Waals surface area contributed by atoms with E-state index in [2.05, 4.69) is 27.2 Å². The second kappa shape index (κ2) is 9.51. The number of carbonyl (C=O) groups is 1. The molecule has 2 fully saturated rings. The molecule has 0 spiro atoms. The average molecular weight is 458 g/mol. The molecule has 1 N–H and O–H groups in total. The highest BCUT2D eigenvalue weighted by Crippen LogP contribution is 2.35. The van der Waals surface area contributed by atoms with Crippen molar-refractivity contribution in [1.82, 2.24) is 20.4 Å². The molecule has 1 atom stereocenters. The van der Waals surface area contributed by atoms with Gasteiger partial charge in [-0.1, -0.05) is 5.16 Å². The summed E-state index contributed by atoms with van der Waals surface area (Å²) < 4.78 is 5.16. The van der Waals surface area contributed by atoms with Crippen LogP contribution in [0.1, 0.15) is 67.5 Å². The SMILES string of the molecule is Cc1cc(CC(=O)NC2CCC(CCN3CCc4sc(N5CCC5C)nc4C3)CC2)on1. The third-order valence-electron chi connectivity index (χ3n) is 7.44. The topological polar surface area (TPSA) is 74.5 Å². The van der Waals surface area contributed by atoms with Gasteiger partial charge in [-0.2, -0.15) is 0 Å². The summed E-state index contributed by atoms with van der Waals surface area (Å²) in [5.74, 6) is 1.46. The van der Waals surface area contributed by atoms with Gasteiger partial charge in [0.15, 0.2) is 5.13 Å². The lowest BCUT2D eigenvalue weighted by atomic mass is 9.84. The highest BCUT2D eigenvalue weighted by Gasteiger charge is 2.29. The number of amides is 1. The summed E-state index contributed by atoms with van der Waals surface area (Å²) in [4.78, 5) is 23.8. The molecule has 7 nitrogen and oxygen atoms in total. The Kier molecular flexibility index (Phi) is 6.51. The maximum absolute atomic E-state index is 12.3. The van der Waals surface area contributed by atoms with Crippen molar-refractivity contribution in [1.29, 1.82) is 0 Å². The summed E-state index contributed by atoms with van der Waals surface area (Å²) in [6.45, 7) is 8.68. The molecule has 2 aromatic rings. The van der Waals surface area contributed by atoms with Crippen molar-refractivity contribution >= 4 is 22.4 Å². The van der Waals surface area contributed by atoms with Crippen molar-refractivity contribution in [2.24, 2.45) is 5.92 Å². The number of hydrogen-bond donors (Lipinski definition) is 1. The zero-order chi connectivity index (χ0) is 22.1. The fourth-order valence-corrected chi connectivity index (χ4v) is 6.44. The molecule has 2 aromatic heterocycles. The van der Waals surface area contributed by atoms with Gasteiger partial charge in [0, 0.05) is 42.7 Å². The fraction of sp³-hybridized carbons (Fsp3) is 0.708. The van der Waals surface area contributed by atoms with Gasteiger partial charge < -0.3 is 14.7 Å². The second-order valence-electron chi connectivity index (χ2n) is 9.91. The van der Waals surface area contributed by atoms with E-state index >= 15 is 0 Å². The lowest BCUT2D eigenvalue weighted by Gasteiger charge is -2.38. The predicted octanol–water partition coefficient (Wildman–Crippen LogP) is 3.70. The van der Waals surface area contributed by atoms with E-state index < -0.39 is 0 Å². The minimum absolute atomic E-state index is 0.0453. The number of rotatable bonds is 7. The van der Waals surface area contributed by atoms with Gasteiger partial charge in [0.2, 0.25) is 5.91 Å². The first-order valence-electron chi connectivity index (χ1n) is 12.2. The molecule has 1 amide bonds. The van der Waals surface area contributed by atoms with Gasteiger partial charge in [-0.05, 0) is 71.3 Å². The minimum atomic E-state index is 0.0453. The van der Waals surface area contributed by atoms with Gasteiger partial charge in [0.05, 0.1) is 17.8 Å². The molecule has 1 unspecified atom stereocenters. The lowest BCUT2D eigenvalue weighted by Crippen LogP contribution is -2.45. The maximum Gasteiger partial charge on any atom is 0.227 e. The molecule has 8 heteroatoms. The Bertz CT molecular complexity index is 933. The molecular weight excluding hydrogens is 422 g/mol. The van der Waals surface area contributed by atoms with Crippen molar-refractivity contribution < 1.29 is 9.32 Å².